The summed E-state index contributed by atoms with van der Waals surface area (Å²) in [6.07, 6.45) is 9.34. The highest BCUT2D eigenvalue weighted by atomic mass is 35.5. The van der Waals surface area contributed by atoms with Gasteiger partial charge in [-0.2, -0.15) is 0 Å². The molecule has 4 N–H and O–H groups in total. The number of nitrogens with zero attached hydrogens (tertiary/aromatic N) is 4. The Kier molecular flexibility index (Phi) is 6.11. The van der Waals surface area contributed by atoms with E-state index >= 15 is 0 Å². The van der Waals surface area contributed by atoms with E-state index in [4.69, 9.17) is 22.3 Å². The fraction of sp³-hybridized carbons (Fsp3) is 0.292. The summed E-state index contributed by atoms with van der Waals surface area (Å²) in [6, 6.07) is 10.9. The molecule has 0 amide bonds. The van der Waals surface area contributed by atoms with Crippen molar-refractivity contribution in [3.63, 3.8) is 0 Å². The van der Waals surface area contributed by atoms with Crippen LogP contribution in [0, 0.1) is 5.82 Å². The van der Waals surface area contributed by atoms with Crippen LogP contribution in [0.2, 0.25) is 5.02 Å². The maximum atomic E-state index is 13.1. The minimum Gasteiger partial charge on any atom is -0.380 e. The van der Waals surface area contributed by atoms with Gasteiger partial charge in [-0.15, -0.1) is 0 Å². The van der Waals surface area contributed by atoms with Gasteiger partial charge in [-0.3, -0.25) is 4.40 Å². The first-order valence-electron chi connectivity index (χ1n) is 11.1. The van der Waals surface area contributed by atoms with E-state index in [9.17, 15) is 4.39 Å². The molecule has 1 fully saturated rings. The quantitative estimate of drug-likeness (QED) is 0.376. The van der Waals surface area contributed by atoms with Crippen molar-refractivity contribution < 1.29 is 4.39 Å². The average Bonchev–Trinajstić information content (AvgIpc) is 3.24. The Hall–Kier alpha value is -3.23. The Morgan fingerprint density at radius 3 is 2.61 bits per heavy atom. The molecule has 0 radical (unpaired) electrons. The Balaban J connectivity index is 1.38. The van der Waals surface area contributed by atoms with E-state index in [1.165, 1.54) is 12.1 Å². The lowest BCUT2D eigenvalue weighted by atomic mass is 9.92. The Morgan fingerprint density at radius 1 is 1.03 bits per heavy atom. The largest absolute Gasteiger partial charge is 0.380 e. The van der Waals surface area contributed by atoms with Crippen molar-refractivity contribution in [2.24, 2.45) is 5.73 Å². The van der Waals surface area contributed by atoms with Crippen molar-refractivity contribution in [2.75, 3.05) is 10.6 Å². The van der Waals surface area contributed by atoms with Gasteiger partial charge in [0.15, 0.2) is 0 Å². The summed E-state index contributed by atoms with van der Waals surface area (Å²) in [7, 11) is 0. The van der Waals surface area contributed by atoms with E-state index < -0.39 is 0 Å². The molecule has 0 unspecified atom stereocenters. The van der Waals surface area contributed by atoms with Crippen molar-refractivity contribution >= 4 is 28.9 Å². The van der Waals surface area contributed by atoms with Gasteiger partial charge >= 0.3 is 0 Å². The van der Waals surface area contributed by atoms with Crippen LogP contribution in [-0.4, -0.2) is 31.4 Å². The zero-order chi connectivity index (χ0) is 22.8. The SMILES string of the molecule is N[C@H]1CC[C@H](Nc2ncc(Cl)c(-c3cnc4ccc(NCc5ccc(F)cc5)cn34)n2)CC1. The number of pyridine rings is 1. The van der Waals surface area contributed by atoms with Crippen molar-refractivity contribution in [1.82, 2.24) is 19.4 Å². The van der Waals surface area contributed by atoms with Gasteiger partial charge in [-0.1, -0.05) is 23.7 Å². The lowest BCUT2D eigenvalue weighted by Crippen LogP contribution is -2.33. The Labute approximate surface area is 196 Å². The highest BCUT2D eigenvalue weighted by Gasteiger charge is 2.20. The van der Waals surface area contributed by atoms with Gasteiger partial charge in [0.25, 0.3) is 0 Å². The molecule has 1 aliphatic carbocycles. The number of benzene rings is 1. The molecule has 4 aromatic rings. The van der Waals surface area contributed by atoms with Gasteiger partial charge in [-0.05, 0) is 55.5 Å². The first kappa shape index (κ1) is 21.6. The minimum atomic E-state index is -0.245. The van der Waals surface area contributed by atoms with E-state index in [2.05, 4.69) is 20.6 Å². The van der Waals surface area contributed by atoms with Crippen LogP contribution in [0.4, 0.5) is 16.0 Å². The maximum absolute atomic E-state index is 13.1. The summed E-state index contributed by atoms with van der Waals surface area (Å²) >= 11 is 6.49. The van der Waals surface area contributed by atoms with E-state index in [0.717, 1.165) is 48.3 Å². The summed E-state index contributed by atoms with van der Waals surface area (Å²) < 4.78 is 15.1. The summed E-state index contributed by atoms with van der Waals surface area (Å²) in [6.45, 7) is 0.573. The van der Waals surface area contributed by atoms with Crippen molar-refractivity contribution in [3.05, 3.63) is 71.4 Å². The zero-order valence-electron chi connectivity index (χ0n) is 18.0. The molecular weight excluding hydrogens is 441 g/mol. The molecule has 33 heavy (non-hydrogen) atoms. The molecular formula is C24H25ClFN7. The smallest absolute Gasteiger partial charge is 0.223 e. The number of fused-ring (bicyclic) bond motifs is 1. The predicted molar refractivity (Wildman–Crippen MR) is 129 cm³/mol. The predicted octanol–water partition coefficient (Wildman–Crippen LogP) is 4.88. The van der Waals surface area contributed by atoms with Gasteiger partial charge < -0.3 is 16.4 Å². The fourth-order valence-corrected chi connectivity index (χ4v) is 4.32. The van der Waals surface area contributed by atoms with Crippen LogP contribution >= 0.6 is 11.6 Å². The molecule has 3 aromatic heterocycles. The lowest BCUT2D eigenvalue weighted by Gasteiger charge is -2.26. The Morgan fingerprint density at radius 2 is 1.82 bits per heavy atom. The molecule has 1 aliphatic rings. The fourth-order valence-electron chi connectivity index (χ4n) is 4.13. The van der Waals surface area contributed by atoms with Crippen molar-refractivity contribution in [3.8, 4) is 11.4 Å². The van der Waals surface area contributed by atoms with Crippen LogP contribution in [0.5, 0.6) is 0 Å². The Bertz CT molecular complexity index is 1250. The topological polar surface area (TPSA) is 93.2 Å². The lowest BCUT2D eigenvalue weighted by molar-refractivity contribution is 0.410. The molecule has 0 atom stereocenters. The van der Waals surface area contributed by atoms with Crippen molar-refractivity contribution in [1.29, 1.82) is 0 Å². The number of nitrogens with two attached hydrogens (primary N) is 1. The number of imidazole rings is 1. The average molecular weight is 466 g/mol. The zero-order valence-corrected chi connectivity index (χ0v) is 18.8. The number of anilines is 2. The number of rotatable bonds is 6. The molecule has 7 nitrogen and oxygen atoms in total. The van der Waals surface area contributed by atoms with E-state index in [0.29, 0.717) is 29.3 Å². The normalized spacial score (nSPS) is 18.4. The van der Waals surface area contributed by atoms with Crippen LogP contribution in [0.3, 0.4) is 0 Å². The third-order valence-corrected chi connectivity index (χ3v) is 6.28. The number of hydrogen-bond donors (Lipinski definition) is 3. The highest BCUT2D eigenvalue weighted by molar-refractivity contribution is 6.32. The first-order chi connectivity index (χ1) is 16.0. The molecule has 0 spiro atoms. The van der Waals surface area contributed by atoms with Gasteiger partial charge in [0.05, 0.1) is 28.8 Å². The van der Waals surface area contributed by atoms with Crippen LogP contribution in [0.1, 0.15) is 31.2 Å². The molecule has 0 bridgehead atoms. The molecule has 1 saturated carbocycles. The summed E-state index contributed by atoms with van der Waals surface area (Å²) in [4.78, 5) is 13.6. The van der Waals surface area contributed by atoms with Gasteiger partial charge in [0.1, 0.15) is 17.2 Å². The molecule has 9 heteroatoms. The van der Waals surface area contributed by atoms with E-state index in [1.54, 1.807) is 24.5 Å². The van der Waals surface area contributed by atoms with Crippen LogP contribution in [-0.2, 0) is 6.54 Å². The van der Waals surface area contributed by atoms with Crippen LogP contribution in [0.25, 0.3) is 17.0 Å². The molecule has 170 valence electrons. The molecule has 0 saturated heterocycles. The minimum absolute atomic E-state index is 0.245. The molecule has 3 heterocycles. The van der Waals surface area contributed by atoms with Crippen LogP contribution in [0.15, 0.2) is 55.0 Å². The summed E-state index contributed by atoms with van der Waals surface area (Å²) in [5.41, 5.74) is 10.1. The number of nitrogens with one attached hydrogen (secondary N) is 2. The standard InChI is InChI=1S/C24H25ClFN7/c25-20-12-30-24(31-18-7-5-17(27)6-8-18)32-23(20)21-13-29-22-10-9-19(14-33(21)22)28-11-15-1-3-16(26)4-2-15/h1-4,9-10,12-14,17-18,28H,5-8,11,27H2,(H,30,31,32)/t17-,18-. The first-order valence-corrected chi connectivity index (χ1v) is 11.4. The van der Waals surface area contributed by atoms with E-state index in [1.807, 2.05) is 22.7 Å². The maximum Gasteiger partial charge on any atom is 0.223 e. The number of aromatic nitrogens is 4. The molecule has 1 aromatic carbocycles. The van der Waals surface area contributed by atoms with E-state index in [-0.39, 0.29) is 11.9 Å². The number of halogens is 2. The summed E-state index contributed by atoms with van der Waals surface area (Å²) in [5.74, 6) is 0.307. The van der Waals surface area contributed by atoms with Gasteiger partial charge in [0, 0.05) is 24.8 Å². The highest BCUT2D eigenvalue weighted by Crippen LogP contribution is 2.29. The van der Waals surface area contributed by atoms with Gasteiger partial charge in [0.2, 0.25) is 5.95 Å². The number of hydrogen-bond acceptors (Lipinski definition) is 6. The van der Waals surface area contributed by atoms with Gasteiger partial charge in [-0.25, -0.2) is 19.3 Å². The molecule has 0 aliphatic heterocycles. The molecule has 5 rings (SSSR count). The third kappa shape index (κ3) is 4.91. The monoisotopic (exact) mass is 465 g/mol. The van der Waals surface area contributed by atoms with Crippen molar-refractivity contribution in [2.45, 2.75) is 44.3 Å². The second-order valence-corrected chi connectivity index (χ2v) is 8.82. The summed E-state index contributed by atoms with van der Waals surface area (Å²) in [5, 5.41) is 7.25. The second kappa shape index (κ2) is 9.33. The second-order valence-electron chi connectivity index (χ2n) is 8.42. The third-order valence-electron chi connectivity index (χ3n) is 6.01. The van der Waals surface area contributed by atoms with Crippen LogP contribution < -0.4 is 16.4 Å².